The lowest BCUT2D eigenvalue weighted by atomic mass is 9.95. The maximum atomic E-state index is 13.8. The Bertz CT molecular complexity index is 1020. The van der Waals surface area contributed by atoms with Crippen molar-refractivity contribution in [3.8, 4) is 11.4 Å². The standard InChI is InChI=1S/C22H22BrFN4OS/c23-16-12-10-15(11-13-16)21-26-27-22(28(21)17-6-2-1-3-7-17)30-14-20(29)25-19-9-5-4-8-18(19)24/h4-5,8-13,17H,1-3,6-7,14H2,(H,25,29). The molecule has 1 fully saturated rings. The van der Waals surface area contributed by atoms with E-state index in [0.717, 1.165) is 33.9 Å². The van der Waals surface area contributed by atoms with Gasteiger partial charge in [0, 0.05) is 16.1 Å². The molecule has 0 atom stereocenters. The second kappa shape index (κ2) is 9.75. The van der Waals surface area contributed by atoms with Gasteiger partial charge in [0.1, 0.15) is 5.82 Å². The summed E-state index contributed by atoms with van der Waals surface area (Å²) in [6.07, 6.45) is 5.77. The van der Waals surface area contributed by atoms with E-state index in [0.29, 0.717) is 6.04 Å². The van der Waals surface area contributed by atoms with Gasteiger partial charge in [-0.2, -0.15) is 0 Å². The van der Waals surface area contributed by atoms with E-state index >= 15 is 0 Å². The number of hydrogen-bond acceptors (Lipinski definition) is 4. The van der Waals surface area contributed by atoms with Crippen molar-refractivity contribution in [3.63, 3.8) is 0 Å². The summed E-state index contributed by atoms with van der Waals surface area (Å²) in [7, 11) is 0. The molecule has 5 nitrogen and oxygen atoms in total. The Morgan fingerprint density at radius 1 is 1.10 bits per heavy atom. The molecule has 3 aromatic rings. The first-order valence-electron chi connectivity index (χ1n) is 10.00. The smallest absolute Gasteiger partial charge is 0.234 e. The molecule has 1 saturated carbocycles. The summed E-state index contributed by atoms with van der Waals surface area (Å²) >= 11 is 4.81. The highest BCUT2D eigenvalue weighted by Gasteiger charge is 2.24. The van der Waals surface area contributed by atoms with Crippen LogP contribution in [0.1, 0.15) is 38.1 Å². The van der Waals surface area contributed by atoms with Gasteiger partial charge in [-0.25, -0.2) is 4.39 Å². The van der Waals surface area contributed by atoms with Crippen LogP contribution in [0.15, 0.2) is 58.2 Å². The van der Waals surface area contributed by atoms with Crippen molar-refractivity contribution in [1.82, 2.24) is 14.8 Å². The number of benzene rings is 2. The lowest BCUT2D eigenvalue weighted by Gasteiger charge is -2.25. The van der Waals surface area contributed by atoms with Gasteiger partial charge in [-0.05, 0) is 37.1 Å². The SMILES string of the molecule is O=C(CSc1nnc(-c2ccc(Br)cc2)n1C1CCCCC1)Nc1ccccc1F. The first-order valence-corrected chi connectivity index (χ1v) is 11.8. The number of aromatic nitrogens is 3. The summed E-state index contributed by atoms with van der Waals surface area (Å²) in [6, 6.07) is 14.5. The molecule has 0 radical (unpaired) electrons. The molecule has 2 aromatic carbocycles. The second-order valence-corrected chi connectivity index (χ2v) is 9.15. The number of amides is 1. The number of halogens is 2. The number of anilines is 1. The lowest BCUT2D eigenvalue weighted by molar-refractivity contribution is -0.113. The molecule has 1 aliphatic carbocycles. The van der Waals surface area contributed by atoms with E-state index in [1.807, 2.05) is 24.3 Å². The molecular weight excluding hydrogens is 467 g/mol. The molecule has 1 amide bonds. The van der Waals surface area contributed by atoms with Crippen LogP contribution in [0.25, 0.3) is 11.4 Å². The van der Waals surface area contributed by atoms with Crippen LogP contribution in [0.3, 0.4) is 0 Å². The van der Waals surface area contributed by atoms with Gasteiger partial charge in [0.25, 0.3) is 0 Å². The molecule has 4 rings (SSSR count). The highest BCUT2D eigenvalue weighted by atomic mass is 79.9. The van der Waals surface area contributed by atoms with Gasteiger partial charge in [0.05, 0.1) is 11.4 Å². The van der Waals surface area contributed by atoms with Crippen LogP contribution in [0.2, 0.25) is 0 Å². The van der Waals surface area contributed by atoms with Gasteiger partial charge in [0.2, 0.25) is 5.91 Å². The number of hydrogen-bond donors (Lipinski definition) is 1. The van der Waals surface area contributed by atoms with E-state index in [1.165, 1.54) is 37.1 Å². The number of nitrogens with one attached hydrogen (secondary N) is 1. The zero-order chi connectivity index (χ0) is 20.9. The molecule has 30 heavy (non-hydrogen) atoms. The fraction of sp³-hybridized carbons (Fsp3) is 0.318. The average Bonchev–Trinajstić information content (AvgIpc) is 3.19. The van der Waals surface area contributed by atoms with Crippen LogP contribution in [0, 0.1) is 5.82 Å². The fourth-order valence-corrected chi connectivity index (χ4v) is 4.79. The number of para-hydroxylation sites is 1. The van der Waals surface area contributed by atoms with Gasteiger partial charge in [-0.15, -0.1) is 10.2 Å². The van der Waals surface area contributed by atoms with E-state index in [1.54, 1.807) is 18.2 Å². The summed E-state index contributed by atoms with van der Waals surface area (Å²) in [5.41, 5.74) is 1.19. The number of thioether (sulfide) groups is 1. The van der Waals surface area contributed by atoms with Crippen molar-refractivity contribution < 1.29 is 9.18 Å². The summed E-state index contributed by atoms with van der Waals surface area (Å²) in [5.74, 6) is 0.248. The highest BCUT2D eigenvalue weighted by molar-refractivity contribution is 9.10. The van der Waals surface area contributed by atoms with Crippen molar-refractivity contribution in [1.29, 1.82) is 0 Å². The maximum absolute atomic E-state index is 13.8. The number of carbonyl (C=O) groups is 1. The Kier molecular flexibility index (Phi) is 6.84. The van der Waals surface area contributed by atoms with Crippen molar-refractivity contribution in [2.75, 3.05) is 11.1 Å². The van der Waals surface area contributed by atoms with E-state index in [9.17, 15) is 9.18 Å². The van der Waals surface area contributed by atoms with Crippen molar-refractivity contribution >= 4 is 39.3 Å². The molecule has 1 aromatic heterocycles. The number of rotatable bonds is 6. The number of nitrogens with zero attached hydrogens (tertiary/aromatic N) is 3. The molecular formula is C22H22BrFN4OS. The second-order valence-electron chi connectivity index (χ2n) is 7.29. The zero-order valence-electron chi connectivity index (χ0n) is 16.4. The van der Waals surface area contributed by atoms with Gasteiger partial charge < -0.3 is 5.32 Å². The zero-order valence-corrected chi connectivity index (χ0v) is 18.8. The molecule has 156 valence electrons. The minimum absolute atomic E-state index is 0.138. The molecule has 0 saturated heterocycles. The molecule has 1 heterocycles. The predicted octanol–water partition coefficient (Wildman–Crippen LogP) is 6.08. The molecule has 0 spiro atoms. The summed E-state index contributed by atoms with van der Waals surface area (Å²) in [6.45, 7) is 0. The molecule has 0 unspecified atom stereocenters. The monoisotopic (exact) mass is 488 g/mol. The van der Waals surface area contributed by atoms with Crippen LogP contribution in [-0.4, -0.2) is 26.4 Å². The Morgan fingerprint density at radius 3 is 2.57 bits per heavy atom. The minimum Gasteiger partial charge on any atom is -0.323 e. The van der Waals surface area contributed by atoms with Gasteiger partial charge in [0.15, 0.2) is 11.0 Å². The summed E-state index contributed by atoms with van der Waals surface area (Å²) < 4.78 is 17.0. The van der Waals surface area contributed by atoms with Crippen LogP contribution < -0.4 is 5.32 Å². The topological polar surface area (TPSA) is 59.8 Å². The largest absolute Gasteiger partial charge is 0.323 e. The maximum Gasteiger partial charge on any atom is 0.234 e. The third-order valence-electron chi connectivity index (χ3n) is 5.19. The van der Waals surface area contributed by atoms with Gasteiger partial charge >= 0.3 is 0 Å². The fourth-order valence-electron chi connectivity index (χ4n) is 3.72. The normalized spacial score (nSPS) is 14.6. The molecule has 1 N–H and O–H groups in total. The van der Waals surface area contributed by atoms with Crippen LogP contribution in [-0.2, 0) is 4.79 Å². The first-order chi connectivity index (χ1) is 14.6. The Balaban J connectivity index is 1.54. The Morgan fingerprint density at radius 2 is 1.83 bits per heavy atom. The summed E-state index contributed by atoms with van der Waals surface area (Å²) in [5, 5.41) is 12.2. The first kappa shape index (κ1) is 21.1. The lowest BCUT2D eigenvalue weighted by Crippen LogP contribution is -2.17. The van der Waals surface area contributed by atoms with Gasteiger partial charge in [-0.3, -0.25) is 9.36 Å². The molecule has 8 heteroatoms. The third kappa shape index (κ3) is 4.92. The summed E-state index contributed by atoms with van der Waals surface area (Å²) in [4.78, 5) is 12.4. The van der Waals surface area contributed by atoms with E-state index in [2.05, 4.69) is 36.0 Å². The minimum atomic E-state index is -0.446. The van der Waals surface area contributed by atoms with Crippen molar-refractivity contribution in [3.05, 3.63) is 58.8 Å². The van der Waals surface area contributed by atoms with Crippen LogP contribution in [0.5, 0.6) is 0 Å². The molecule has 1 aliphatic rings. The van der Waals surface area contributed by atoms with Crippen LogP contribution in [0.4, 0.5) is 10.1 Å². The highest BCUT2D eigenvalue weighted by Crippen LogP contribution is 2.35. The Labute approximate surface area is 187 Å². The molecule has 0 aliphatic heterocycles. The van der Waals surface area contributed by atoms with E-state index < -0.39 is 5.82 Å². The van der Waals surface area contributed by atoms with Crippen molar-refractivity contribution in [2.24, 2.45) is 0 Å². The quantitative estimate of drug-likeness (QED) is 0.426. The van der Waals surface area contributed by atoms with Gasteiger partial charge in [-0.1, -0.05) is 71.2 Å². The third-order valence-corrected chi connectivity index (χ3v) is 6.66. The van der Waals surface area contributed by atoms with Crippen molar-refractivity contribution in [2.45, 2.75) is 43.3 Å². The number of carbonyl (C=O) groups excluding carboxylic acids is 1. The predicted molar refractivity (Wildman–Crippen MR) is 121 cm³/mol. The van der Waals surface area contributed by atoms with Crippen LogP contribution >= 0.6 is 27.7 Å². The van der Waals surface area contributed by atoms with E-state index in [4.69, 9.17) is 0 Å². The Hall–Kier alpha value is -2.19. The molecule has 0 bridgehead atoms. The average molecular weight is 489 g/mol. The van der Waals surface area contributed by atoms with E-state index in [-0.39, 0.29) is 17.3 Å².